The Morgan fingerprint density at radius 2 is 2.06 bits per heavy atom. The highest BCUT2D eigenvalue weighted by molar-refractivity contribution is 6.37. The molecule has 6 heteroatoms. The van der Waals surface area contributed by atoms with E-state index in [2.05, 4.69) is 4.74 Å². The molecule has 16 heavy (non-hydrogen) atoms. The zero-order chi connectivity index (χ0) is 12.1. The fraction of sp³-hybridized carbons (Fsp3) is 0.200. The molecule has 0 aromatic heterocycles. The maximum Gasteiger partial charge on any atom is 0.397 e. The van der Waals surface area contributed by atoms with Crippen LogP contribution in [0.2, 0.25) is 0 Å². The van der Waals surface area contributed by atoms with Gasteiger partial charge in [-0.05, 0) is 19.1 Å². The summed E-state index contributed by atoms with van der Waals surface area (Å²) in [5, 5.41) is 1.91. The minimum atomic E-state index is -1.22. The number of halogens is 2. The maximum atomic E-state index is 13.1. The van der Waals surface area contributed by atoms with Crippen LogP contribution in [0.4, 0.5) is 14.5 Å². The van der Waals surface area contributed by atoms with Crippen LogP contribution in [0.3, 0.4) is 0 Å². The van der Waals surface area contributed by atoms with Crippen molar-refractivity contribution in [2.24, 2.45) is 0 Å². The summed E-state index contributed by atoms with van der Waals surface area (Å²) in [7, 11) is 0. The number of carbonyl (C=O) groups excluding carboxylic acids is 2. The van der Waals surface area contributed by atoms with E-state index in [1.54, 1.807) is 0 Å². The summed E-state index contributed by atoms with van der Waals surface area (Å²) in [6, 6.07) is 3.24. The van der Waals surface area contributed by atoms with E-state index in [1.807, 2.05) is 5.32 Å². The Hall–Kier alpha value is -1.98. The monoisotopic (exact) mass is 229 g/mol. The first-order valence-corrected chi connectivity index (χ1v) is 4.48. The van der Waals surface area contributed by atoms with Crippen molar-refractivity contribution in [3.63, 3.8) is 0 Å². The molecule has 1 N–H and O–H groups in total. The highest BCUT2D eigenvalue weighted by atomic mass is 19.2. The van der Waals surface area contributed by atoms with Gasteiger partial charge in [-0.25, -0.2) is 13.6 Å². The first-order chi connectivity index (χ1) is 7.56. The molecule has 4 nitrogen and oxygen atoms in total. The van der Waals surface area contributed by atoms with Crippen molar-refractivity contribution in [3.05, 3.63) is 29.8 Å². The molecule has 0 aliphatic heterocycles. The fourth-order valence-corrected chi connectivity index (χ4v) is 0.970. The van der Waals surface area contributed by atoms with Crippen molar-refractivity contribution >= 4 is 17.6 Å². The summed E-state index contributed by atoms with van der Waals surface area (Å²) >= 11 is 0. The number of rotatable bonds is 2. The van der Waals surface area contributed by atoms with Crippen LogP contribution in [0, 0.1) is 11.6 Å². The van der Waals surface area contributed by atoms with Gasteiger partial charge in [-0.15, -0.1) is 0 Å². The van der Waals surface area contributed by atoms with Gasteiger partial charge in [0.25, 0.3) is 0 Å². The van der Waals surface area contributed by atoms with Crippen LogP contribution in [0.25, 0.3) is 0 Å². The average Bonchev–Trinajstić information content (AvgIpc) is 2.25. The van der Waals surface area contributed by atoms with Gasteiger partial charge in [-0.1, -0.05) is 6.07 Å². The van der Waals surface area contributed by atoms with Gasteiger partial charge < -0.3 is 10.1 Å². The molecular formula is C10H9F2NO3. The molecule has 1 rings (SSSR count). The van der Waals surface area contributed by atoms with Gasteiger partial charge in [0.05, 0.1) is 12.3 Å². The summed E-state index contributed by atoms with van der Waals surface area (Å²) in [6.45, 7) is 1.55. The first-order valence-electron chi connectivity index (χ1n) is 4.48. The Bertz CT molecular complexity index is 421. The van der Waals surface area contributed by atoms with Gasteiger partial charge in [0.1, 0.15) is 0 Å². The molecule has 0 aliphatic rings. The van der Waals surface area contributed by atoms with E-state index in [0.717, 1.165) is 12.1 Å². The van der Waals surface area contributed by atoms with Crippen LogP contribution >= 0.6 is 0 Å². The van der Waals surface area contributed by atoms with Crippen LogP contribution in [0.1, 0.15) is 6.92 Å². The molecular weight excluding hydrogens is 220 g/mol. The number of nitrogens with one attached hydrogen (secondary N) is 1. The van der Waals surface area contributed by atoms with E-state index >= 15 is 0 Å². The molecule has 0 atom stereocenters. The molecule has 0 saturated carbocycles. The van der Waals surface area contributed by atoms with Crippen LogP contribution in [-0.2, 0) is 14.3 Å². The lowest BCUT2D eigenvalue weighted by atomic mass is 10.3. The Kier molecular flexibility index (Phi) is 3.93. The second-order valence-corrected chi connectivity index (χ2v) is 2.78. The molecule has 0 spiro atoms. The van der Waals surface area contributed by atoms with Crippen LogP contribution in [-0.4, -0.2) is 18.5 Å². The molecule has 0 aliphatic carbocycles. The number of carbonyl (C=O) groups is 2. The SMILES string of the molecule is CCOC(=O)C(=O)Nc1cccc(F)c1F. The first kappa shape index (κ1) is 12.1. The van der Waals surface area contributed by atoms with Crippen LogP contribution < -0.4 is 5.32 Å². The quantitative estimate of drug-likeness (QED) is 0.617. The molecule has 0 radical (unpaired) electrons. The van der Waals surface area contributed by atoms with Crippen molar-refractivity contribution in [2.45, 2.75) is 6.92 Å². The van der Waals surface area contributed by atoms with Crippen molar-refractivity contribution in [3.8, 4) is 0 Å². The molecule has 1 amide bonds. The average molecular weight is 229 g/mol. The van der Waals surface area contributed by atoms with Crippen molar-refractivity contribution in [1.82, 2.24) is 0 Å². The topological polar surface area (TPSA) is 55.4 Å². The molecule has 1 aromatic carbocycles. The molecule has 0 unspecified atom stereocenters. The molecule has 0 fully saturated rings. The second kappa shape index (κ2) is 5.20. The standard InChI is InChI=1S/C10H9F2NO3/c1-2-16-10(15)9(14)13-7-5-3-4-6(11)8(7)12/h3-5H,2H2,1H3,(H,13,14). The predicted octanol–water partition coefficient (Wildman–Crippen LogP) is 1.47. The number of amides is 1. The third-order valence-electron chi connectivity index (χ3n) is 1.66. The van der Waals surface area contributed by atoms with E-state index in [4.69, 9.17) is 0 Å². The number of hydrogen-bond acceptors (Lipinski definition) is 3. The molecule has 0 bridgehead atoms. The minimum Gasteiger partial charge on any atom is -0.459 e. The smallest absolute Gasteiger partial charge is 0.397 e. The Labute approximate surface area is 90.2 Å². The molecule has 0 heterocycles. The lowest BCUT2D eigenvalue weighted by Gasteiger charge is -2.05. The van der Waals surface area contributed by atoms with E-state index in [0.29, 0.717) is 0 Å². The molecule has 86 valence electrons. The second-order valence-electron chi connectivity index (χ2n) is 2.78. The summed E-state index contributed by atoms with van der Waals surface area (Å²) in [4.78, 5) is 22.0. The zero-order valence-corrected chi connectivity index (χ0v) is 8.42. The van der Waals surface area contributed by atoms with Gasteiger partial charge >= 0.3 is 11.9 Å². The van der Waals surface area contributed by atoms with Gasteiger partial charge in [0, 0.05) is 0 Å². The van der Waals surface area contributed by atoms with Gasteiger partial charge in [0.15, 0.2) is 11.6 Å². The van der Waals surface area contributed by atoms with E-state index in [-0.39, 0.29) is 6.61 Å². The number of ether oxygens (including phenoxy) is 1. The van der Waals surface area contributed by atoms with Gasteiger partial charge in [0.2, 0.25) is 0 Å². The highest BCUT2D eigenvalue weighted by Gasteiger charge is 2.17. The third kappa shape index (κ3) is 2.75. The fourth-order valence-electron chi connectivity index (χ4n) is 0.970. The third-order valence-corrected chi connectivity index (χ3v) is 1.66. The largest absolute Gasteiger partial charge is 0.459 e. The summed E-state index contributed by atoms with van der Waals surface area (Å²) in [6.07, 6.45) is 0. The summed E-state index contributed by atoms with van der Waals surface area (Å²) < 4.78 is 30.2. The Balaban J connectivity index is 2.77. The Morgan fingerprint density at radius 1 is 1.38 bits per heavy atom. The van der Waals surface area contributed by atoms with Gasteiger partial charge in [-0.3, -0.25) is 4.79 Å². The number of benzene rings is 1. The normalized spacial score (nSPS) is 9.69. The molecule has 0 saturated heterocycles. The summed E-state index contributed by atoms with van der Waals surface area (Å²) in [5.74, 6) is -4.63. The Morgan fingerprint density at radius 3 is 2.69 bits per heavy atom. The van der Waals surface area contributed by atoms with Crippen LogP contribution in [0.5, 0.6) is 0 Å². The van der Waals surface area contributed by atoms with Crippen molar-refractivity contribution in [1.29, 1.82) is 0 Å². The number of hydrogen-bond donors (Lipinski definition) is 1. The predicted molar refractivity (Wildman–Crippen MR) is 51.6 cm³/mol. The zero-order valence-electron chi connectivity index (χ0n) is 8.42. The lowest BCUT2D eigenvalue weighted by molar-refractivity contribution is -0.152. The van der Waals surface area contributed by atoms with Crippen LogP contribution in [0.15, 0.2) is 18.2 Å². The van der Waals surface area contributed by atoms with Gasteiger partial charge in [-0.2, -0.15) is 0 Å². The maximum absolute atomic E-state index is 13.1. The van der Waals surface area contributed by atoms with Crippen molar-refractivity contribution < 1.29 is 23.1 Å². The highest BCUT2D eigenvalue weighted by Crippen LogP contribution is 2.16. The van der Waals surface area contributed by atoms with E-state index in [1.165, 1.54) is 13.0 Å². The number of esters is 1. The van der Waals surface area contributed by atoms with E-state index in [9.17, 15) is 18.4 Å². The lowest BCUT2D eigenvalue weighted by Crippen LogP contribution is -2.25. The minimum absolute atomic E-state index is 0.0257. The summed E-state index contributed by atoms with van der Waals surface area (Å²) in [5.41, 5.74) is -0.405. The van der Waals surface area contributed by atoms with Crippen molar-refractivity contribution in [2.75, 3.05) is 11.9 Å². The number of anilines is 1. The molecule has 1 aromatic rings. The van der Waals surface area contributed by atoms with E-state index < -0.39 is 29.2 Å².